The van der Waals surface area contributed by atoms with Crippen LogP contribution in [0.3, 0.4) is 0 Å². The van der Waals surface area contributed by atoms with Gasteiger partial charge in [-0.25, -0.2) is 0 Å². The Morgan fingerprint density at radius 1 is 1.12 bits per heavy atom. The summed E-state index contributed by atoms with van der Waals surface area (Å²) in [5.74, 6) is 1.62. The van der Waals surface area contributed by atoms with Crippen molar-refractivity contribution in [1.29, 1.82) is 0 Å². The maximum atomic E-state index is 11.5. The van der Waals surface area contributed by atoms with Gasteiger partial charge in [0.1, 0.15) is 5.75 Å². The number of ether oxygens (including phenoxy) is 3. The van der Waals surface area contributed by atoms with E-state index in [1.165, 1.54) is 20.3 Å². The van der Waals surface area contributed by atoms with Gasteiger partial charge in [0.05, 0.1) is 19.1 Å². The lowest BCUT2D eigenvalue weighted by Crippen LogP contribution is -2.19. The van der Waals surface area contributed by atoms with E-state index in [2.05, 4.69) is 15.9 Å². The molecule has 1 heterocycles. The fourth-order valence-electron chi connectivity index (χ4n) is 2.56. The summed E-state index contributed by atoms with van der Waals surface area (Å²) in [7, 11) is 3.05. The molecule has 24 heavy (non-hydrogen) atoms. The molecule has 6 nitrogen and oxygen atoms in total. The van der Waals surface area contributed by atoms with Gasteiger partial charge in [-0.05, 0) is 30.3 Å². The Labute approximate surface area is 146 Å². The highest BCUT2D eigenvalue weighted by Crippen LogP contribution is 2.40. The number of nitro groups is 1. The van der Waals surface area contributed by atoms with E-state index in [9.17, 15) is 10.1 Å². The van der Waals surface area contributed by atoms with E-state index in [0.717, 1.165) is 4.47 Å². The van der Waals surface area contributed by atoms with Crippen LogP contribution in [0.5, 0.6) is 17.2 Å². The van der Waals surface area contributed by atoms with Gasteiger partial charge in [-0.1, -0.05) is 22.0 Å². The zero-order valence-electron chi connectivity index (χ0n) is 13.0. The molecule has 0 spiro atoms. The summed E-state index contributed by atoms with van der Waals surface area (Å²) in [5.41, 5.74) is 1.24. The van der Waals surface area contributed by atoms with Crippen molar-refractivity contribution in [2.45, 2.75) is 6.10 Å². The van der Waals surface area contributed by atoms with Crippen molar-refractivity contribution in [3.63, 3.8) is 0 Å². The maximum Gasteiger partial charge on any atom is 0.291 e. The SMILES string of the molecule is COc1ccc([C@H]2Oc3ccc(Br)cc3C=C2[N+](=O)[O-])cc1OC. The van der Waals surface area contributed by atoms with Crippen molar-refractivity contribution >= 4 is 22.0 Å². The Morgan fingerprint density at radius 2 is 1.88 bits per heavy atom. The average Bonchev–Trinajstić information content (AvgIpc) is 2.59. The molecule has 7 heteroatoms. The Bertz CT molecular complexity index is 834. The van der Waals surface area contributed by atoms with Crippen molar-refractivity contribution in [3.8, 4) is 17.2 Å². The standard InChI is InChI=1S/C17H14BrNO5/c1-22-15-5-3-10(9-16(15)23-2)17-13(19(20)21)8-11-7-12(18)4-6-14(11)24-17/h3-9,17H,1-2H3/t17-/m1/s1. The second-order valence-corrected chi connectivity index (χ2v) is 6.04. The number of halogens is 1. The first-order valence-electron chi connectivity index (χ1n) is 7.07. The lowest BCUT2D eigenvalue weighted by atomic mass is 10.0. The first-order valence-corrected chi connectivity index (χ1v) is 7.87. The third-order valence-corrected chi connectivity index (χ3v) is 4.20. The van der Waals surface area contributed by atoms with Crippen molar-refractivity contribution in [1.82, 2.24) is 0 Å². The molecule has 1 aliphatic heterocycles. The molecule has 0 N–H and O–H groups in total. The quantitative estimate of drug-likeness (QED) is 0.576. The Kier molecular flexibility index (Phi) is 4.44. The molecular formula is C17H14BrNO5. The largest absolute Gasteiger partial charge is 0.493 e. The number of nitrogens with zero attached hydrogens (tertiary/aromatic N) is 1. The number of hydrogen-bond donors (Lipinski definition) is 0. The van der Waals surface area contributed by atoms with E-state index < -0.39 is 11.0 Å². The molecule has 0 fully saturated rings. The molecule has 0 bridgehead atoms. The Morgan fingerprint density at radius 3 is 2.54 bits per heavy atom. The number of methoxy groups -OCH3 is 2. The van der Waals surface area contributed by atoms with E-state index in [0.29, 0.717) is 28.4 Å². The van der Waals surface area contributed by atoms with Gasteiger partial charge in [-0.3, -0.25) is 10.1 Å². The number of fused-ring (bicyclic) bond motifs is 1. The topological polar surface area (TPSA) is 70.8 Å². The molecule has 3 rings (SSSR count). The van der Waals surface area contributed by atoms with Crippen LogP contribution in [0.4, 0.5) is 0 Å². The minimum Gasteiger partial charge on any atom is -0.493 e. The van der Waals surface area contributed by atoms with Crippen LogP contribution in [0.1, 0.15) is 17.2 Å². The van der Waals surface area contributed by atoms with Crippen LogP contribution in [-0.4, -0.2) is 19.1 Å². The molecule has 1 aliphatic rings. The highest BCUT2D eigenvalue weighted by molar-refractivity contribution is 9.10. The van der Waals surface area contributed by atoms with E-state index in [1.54, 1.807) is 30.3 Å². The van der Waals surface area contributed by atoms with Crippen LogP contribution in [-0.2, 0) is 0 Å². The Balaban J connectivity index is 2.08. The zero-order chi connectivity index (χ0) is 17.3. The predicted molar refractivity (Wildman–Crippen MR) is 92.0 cm³/mol. The Hall–Kier alpha value is -2.54. The van der Waals surface area contributed by atoms with E-state index >= 15 is 0 Å². The van der Waals surface area contributed by atoms with Gasteiger partial charge >= 0.3 is 0 Å². The summed E-state index contributed by atoms with van der Waals surface area (Å²) >= 11 is 3.36. The summed E-state index contributed by atoms with van der Waals surface area (Å²) in [6, 6.07) is 10.5. The number of hydrogen-bond acceptors (Lipinski definition) is 5. The van der Waals surface area contributed by atoms with Gasteiger partial charge < -0.3 is 14.2 Å². The van der Waals surface area contributed by atoms with Gasteiger partial charge in [0.2, 0.25) is 6.10 Å². The van der Waals surface area contributed by atoms with Gasteiger partial charge in [0, 0.05) is 21.7 Å². The van der Waals surface area contributed by atoms with Gasteiger partial charge in [-0.2, -0.15) is 0 Å². The summed E-state index contributed by atoms with van der Waals surface area (Å²) in [5, 5.41) is 11.5. The third-order valence-electron chi connectivity index (χ3n) is 3.71. The number of rotatable bonds is 4. The molecule has 0 saturated heterocycles. The normalized spacial score (nSPS) is 15.8. The molecule has 1 atom stereocenters. The summed E-state index contributed by atoms with van der Waals surface area (Å²) < 4.78 is 17.2. The molecule has 2 aromatic carbocycles. The average molecular weight is 392 g/mol. The van der Waals surface area contributed by atoms with Crippen LogP contribution in [0.15, 0.2) is 46.6 Å². The number of benzene rings is 2. The lowest BCUT2D eigenvalue weighted by Gasteiger charge is -2.23. The summed E-state index contributed by atoms with van der Waals surface area (Å²) in [4.78, 5) is 11.1. The molecule has 124 valence electrons. The molecule has 0 saturated carbocycles. The molecule has 0 unspecified atom stereocenters. The lowest BCUT2D eigenvalue weighted by molar-refractivity contribution is -0.434. The van der Waals surface area contributed by atoms with Gasteiger partial charge in [-0.15, -0.1) is 0 Å². The molecule has 0 radical (unpaired) electrons. The second-order valence-electron chi connectivity index (χ2n) is 5.12. The molecule has 0 aliphatic carbocycles. The van der Waals surface area contributed by atoms with Gasteiger partial charge in [0.15, 0.2) is 11.5 Å². The smallest absolute Gasteiger partial charge is 0.291 e. The van der Waals surface area contributed by atoms with Crippen molar-refractivity contribution in [2.75, 3.05) is 14.2 Å². The van der Waals surface area contributed by atoms with E-state index in [1.807, 2.05) is 6.07 Å². The molecule has 0 aromatic heterocycles. The van der Waals surface area contributed by atoms with Crippen LogP contribution in [0.2, 0.25) is 0 Å². The first-order chi connectivity index (χ1) is 11.5. The van der Waals surface area contributed by atoms with Crippen LogP contribution < -0.4 is 14.2 Å². The zero-order valence-corrected chi connectivity index (χ0v) is 14.6. The highest BCUT2D eigenvalue weighted by atomic mass is 79.9. The van der Waals surface area contributed by atoms with E-state index in [4.69, 9.17) is 14.2 Å². The first kappa shape index (κ1) is 16.3. The molecule has 2 aromatic rings. The molecular weight excluding hydrogens is 378 g/mol. The molecule has 0 amide bonds. The minimum absolute atomic E-state index is 0.0344. The van der Waals surface area contributed by atoms with E-state index in [-0.39, 0.29) is 5.70 Å². The third kappa shape index (κ3) is 2.94. The van der Waals surface area contributed by atoms with Crippen LogP contribution >= 0.6 is 15.9 Å². The summed E-state index contributed by atoms with van der Waals surface area (Å²) in [6.45, 7) is 0. The summed E-state index contributed by atoms with van der Waals surface area (Å²) in [6.07, 6.45) is 0.707. The predicted octanol–water partition coefficient (Wildman–Crippen LogP) is 4.22. The fourth-order valence-corrected chi connectivity index (χ4v) is 2.94. The van der Waals surface area contributed by atoms with Gasteiger partial charge in [0.25, 0.3) is 5.70 Å². The monoisotopic (exact) mass is 391 g/mol. The van der Waals surface area contributed by atoms with Crippen LogP contribution in [0, 0.1) is 10.1 Å². The van der Waals surface area contributed by atoms with Crippen molar-refractivity contribution in [3.05, 3.63) is 67.8 Å². The van der Waals surface area contributed by atoms with Crippen LogP contribution in [0.25, 0.3) is 6.08 Å². The van der Waals surface area contributed by atoms with Crippen molar-refractivity contribution < 1.29 is 19.1 Å². The van der Waals surface area contributed by atoms with Crippen molar-refractivity contribution in [2.24, 2.45) is 0 Å². The maximum absolute atomic E-state index is 11.5. The fraction of sp³-hybridized carbons (Fsp3) is 0.176. The minimum atomic E-state index is -0.825. The highest BCUT2D eigenvalue weighted by Gasteiger charge is 2.33. The second kappa shape index (κ2) is 6.52.